The molecule has 0 saturated carbocycles. The van der Waals surface area contributed by atoms with Crippen LogP contribution in [0.4, 0.5) is 0 Å². The fraction of sp³-hybridized carbons (Fsp3) is 0.562. The van der Waals surface area contributed by atoms with Crippen LogP contribution >= 0.6 is 0 Å². The minimum absolute atomic E-state index is 0.232. The van der Waals surface area contributed by atoms with Crippen LogP contribution in [0, 0.1) is 5.41 Å². The second kappa shape index (κ2) is 6.86. The Hall–Kier alpha value is -1.39. The van der Waals surface area contributed by atoms with Crippen molar-refractivity contribution in [2.75, 3.05) is 26.2 Å². The third-order valence-electron chi connectivity index (χ3n) is 4.24. The van der Waals surface area contributed by atoms with E-state index in [1.54, 1.807) is 0 Å². The van der Waals surface area contributed by atoms with Crippen LogP contribution in [-0.4, -0.2) is 47.9 Å². The highest BCUT2D eigenvalue weighted by Crippen LogP contribution is 2.26. The minimum atomic E-state index is 0.232. The molecule has 0 amide bonds. The van der Waals surface area contributed by atoms with E-state index < -0.39 is 0 Å². The van der Waals surface area contributed by atoms with Gasteiger partial charge in [0, 0.05) is 38.1 Å². The predicted octanol–water partition coefficient (Wildman–Crippen LogP) is 2.08. The van der Waals surface area contributed by atoms with E-state index >= 15 is 0 Å². The molecule has 1 aliphatic heterocycles. The van der Waals surface area contributed by atoms with E-state index in [1.807, 2.05) is 6.07 Å². The summed E-state index contributed by atoms with van der Waals surface area (Å²) >= 11 is 0. The Bertz CT molecular complexity index is 431. The molecule has 4 heteroatoms. The lowest BCUT2D eigenvalue weighted by Gasteiger charge is -2.43. The highest BCUT2D eigenvalue weighted by atomic mass is 15.3. The molecule has 0 bridgehead atoms. The average molecular weight is 274 g/mol. The van der Waals surface area contributed by atoms with Crippen LogP contribution in [0.5, 0.6) is 0 Å². The number of hydrogen-bond acceptors (Lipinski definition) is 3. The molecule has 0 aromatic heterocycles. The largest absolute Gasteiger partial charge is 0.388 e. The van der Waals surface area contributed by atoms with Crippen LogP contribution in [-0.2, 0) is 0 Å². The Morgan fingerprint density at radius 1 is 1.35 bits per heavy atom. The summed E-state index contributed by atoms with van der Waals surface area (Å²) in [4.78, 5) is 4.99. The first-order valence-electron chi connectivity index (χ1n) is 7.47. The second-order valence-corrected chi connectivity index (χ2v) is 5.63. The molecule has 1 aromatic carbocycles. The summed E-state index contributed by atoms with van der Waals surface area (Å²) in [6.07, 6.45) is 0.614. The maximum Gasteiger partial charge on any atom is 0.0924 e. The quantitative estimate of drug-likeness (QED) is 0.638. The molecule has 1 heterocycles. The van der Waals surface area contributed by atoms with Gasteiger partial charge in [-0.25, -0.2) is 0 Å². The van der Waals surface area contributed by atoms with Gasteiger partial charge >= 0.3 is 0 Å². The molecule has 0 spiro atoms. The van der Waals surface area contributed by atoms with Crippen molar-refractivity contribution >= 4 is 5.84 Å². The molecule has 0 aliphatic carbocycles. The van der Waals surface area contributed by atoms with Gasteiger partial charge in [0.05, 0.1) is 5.84 Å². The number of amidine groups is 1. The summed E-state index contributed by atoms with van der Waals surface area (Å²) in [6, 6.07) is 11.2. The first-order valence-corrected chi connectivity index (χ1v) is 7.47. The average Bonchev–Trinajstić information content (AvgIpc) is 2.45. The van der Waals surface area contributed by atoms with Gasteiger partial charge in [-0.3, -0.25) is 15.2 Å². The van der Waals surface area contributed by atoms with Gasteiger partial charge < -0.3 is 5.73 Å². The van der Waals surface area contributed by atoms with E-state index in [1.165, 1.54) is 5.56 Å². The van der Waals surface area contributed by atoms with E-state index in [9.17, 15) is 0 Å². The maximum atomic E-state index is 7.66. The number of benzene rings is 1. The number of nitrogens with zero attached hydrogens (tertiary/aromatic N) is 2. The summed E-state index contributed by atoms with van der Waals surface area (Å²) < 4.78 is 0. The van der Waals surface area contributed by atoms with Crippen LogP contribution in [0.2, 0.25) is 0 Å². The molecule has 1 aromatic rings. The van der Waals surface area contributed by atoms with Crippen molar-refractivity contribution in [1.82, 2.24) is 9.80 Å². The van der Waals surface area contributed by atoms with Crippen LogP contribution in [0.3, 0.4) is 0 Å². The van der Waals surface area contributed by atoms with Gasteiger partial charge in [-0.2, -0.15) is 0 Å². The van der Waals surface area contributed by atoms with Gasteiger partial charge in [-0.05, 0) is 19.0 Å². The molecule has 110 valence electrons. The lowest BCUT2D eigenvalue weighted by atomic mass is 9.99. The third kappa shape index (κ3) is 3.58. The lowest BCUT2D eigenvalue weighted by molar-refractivity contribution is 0.0601. The van der Waals surface area contributed by atoms with E-state index in [2.05, 4.69) is 47.9 Å². The summed E-state index contributed by atoms with van der Waals surface area (Å²) in [5, 5.41) is 7.66. The van der Waals surface area contributed by atoms with Gasteiger partial charge in [-0.15, -0.1) is 0 Å². The molecule has 0 radical (unpaired) electrons. The van der Waals surface area contributed by atoms with Crippen molar-refractivity contribution in [3.8, 4) is 0 Å². The number of hydrogen-bond donors (Lipinski definition) is 2. The summed E-state index contributed by atoms with van der Waals surface area (Å²) in [5.74, 6) is 0.268. The molecule has 3 N–H and O–H groups in total. The molecule has 1 fully saturated rings. The number of likely N-dealkylation sites (N-methyl/N-ethyl adjacent to an activating group) is 1. The Kier molecular flexibility index (Phi) is 5.15. The maximum absolute atomic E-state index is 7.66. The molecular weight excluding hydrogens is 248 g/mol. The van der Waals surface area contributed by atoms with Gasteiger partial charge in [0.1, 0.15) is 0 Å². The van der Waals surface area contributed by atoms with Gasteiger partial charge in [0.25, 0.3) is 0 Å². The molecule has 4 nitrogen and oxygen atoms in total. The number of nitrogens with two attached hydrogens (primary N) is 1. The fourth-order valence-electron chi connectivity index (χ4n) is 3.12. The predicted molar refractivity (Wildman–Crippen MR) is 84.0 cm³/mol. The topological polar surface area (TPSA) is 56.4 Å². The van der Waals surface area contributed by atoms with Crippen molar-refractivity contribution in [3.05, 3.63) is 35.9 Å². The van der Waals surface area contributed by atoms with Crippen molar-refractivity contribution < 1.29 is 0 Å². The zero-order chi connectivity index (χ0) is 14.5. The van der Waals surface area contributed by atoms with Crippen molar-refractivity contribution in [2.24, 2.45) is 5.73 Å². The van der Waals surface area contributed by atoms with Gasteiger partial charge in [-0.1, -0.05) is 37.3 Å². The molecule has 2 unspecified atom stereocenters. The molecule has 2 rings (SSSR count). The minimum Gasteiger partial charge on any atom is -0.388 e. The van der Waals surface area contributed by atoms with Gasteiger partial charge in [0.15, 0.2) is 0 Å². The second-order valence-electron chi connectivity index (χ2n) is 5.63. The zero-order valence-corrected chi connectivity index (χ0v) is 12.5. The van der Waals surface area contributed by atoms with E-state index in [-0.39, 0.29) is 11.9 Å². The number of nitrogens with one attached hydrogen (secondary N) is 1. The van der Waals surface area contributed by atoms with Crippen molar-refractivity contribution in [2.45, 2.75) is 32.4 Å². The zero-order valence-electron chi connectivity index (χ0n) is 12.5. The van der Waals surface area contributed by atoms with Crippen molar-refractivity contribution in [3.63, 3.8) is 0 Å². The Labute approximate surface area is 122 Å². The normalized spacial score (nSPS) is 22.6. The van der Waals surface area contributed by atoms with Crippen molar-refractivity contribution in [1.29, 1.82) is 5.41 Å². The summed E-state index contributed by atoms with van der Waals surface area (Å²) in [7, 11) is 0. The Morgan fingerprint density at radius 3 is 2.60 bits per heavy atom. The first kappa shape index (κ1) is 15.0. The number of piperazine rings is 1. The highest BCUT2D eigenvalue weighted by Gasteiger charge is 2.28. The van der Waals surface area contributed by atoms with E-state index in [4.69, 9.17) is 11.1 Å². The Morgan fingerprint density at radius 2 is 2.05 bits per heavy atom. The smallest absolute Gasteiger partial charge is 0.0924 e. The SMILES string of the molecule is CCN1CCN(C(CC(=N)N)c2ccccc2)CC1C. The van der Waals surface area contributed by atoms with Crippen LogP contribution in [0.1, 0.15) is 31.9 Å². The summed E-state index contributed by atoms with van der Waals surface area (Å²) in [6.45, 7) is 8.80. The number of rotatable bonds is 5. The first-order chi connectivity index (χ1) is 9.61. The lowest BCUT2D eigenvalue weighted by Crippen LogP contribution is -2.52. The third-order valence-corrected chi connectivity index (χ3v) is 4.24. The van der Waals surface area contributed by atoms with E-state index in [0.717, 1.165) is 26.2 Å². The van der Waals surface area contributed by atoms with Crippen LogP contribution in [0.25, 0.3) is 0 Å². The highest BCUT2D eigenvalue weighted by molar-refractivity contribution is 5.77. The van der Waals surface area contributed by atoms with Crippen LogP contribution in [0.15, 0.2) is 30.3 Å². The van der Waals surface area contributed by atoms with Crippen LogP contribution < -0.4 is 5.73 Å². The summed E-state index contributed by atoms with van der Waals surface area (Å²) in [5.41, 5.74) is 6.94. The standard InChI is InChI=1S/C16H26N4/c1-3-19-9-10-20(12-13(19)2)15(11-16(17)18)14-7-5-4-6-8-14/h4-8,13,15H,3,9-12H2,1-2H3,(H3,17,18). The molecule has 1 aliphatic rings. The van der Waals surface area contributed by atoms with E-state index in [0.29, 0.717) is 12.5 Å². The molecule has 2 atom stereocenters. The molecule has 20 heavy (non-hydrogen) atoms. The Balaban J connectivity index is 2.14. The molecule has 1 saturated heterocycles. The fourth-order valence-corrected chi connectivity index (χ4v) is 3.12. The monoisotopic (exact) mass is 274 g/mol. The van der Waals surface area contributed by atoms with Gasteiger partial charge in [0.2, 0.25) is 0 Å². The molecular formula is C16H26N4.